The Labute approximate surface area is 282 Å². The summed E-state index contributed by atoms with van der Waals surface area (Å²) in [6.45, 7) is 3.05. The number of amides is 2. The summed E-state index contributed by atoms with van der Waals surface area (Å²) in [5.74, 6) is -2.13. The third kappa shape index (κ3) is 7.17. The van der Waals surface area contributed by atoms with Gasteiger partial charge >= 0.3 is 0 Å². The molecule has 15 heteroatoms. The number of nitrogens with zero attached hydrogens (tertiary/aromatic N) is 2. The molecule has 0 aliphatic rings. The summed E-state index contributed by atoms with van der Waals surface area (Å²) in [5, 5.41) is 21.3. The largest absolute Gasteiger partial charge is 0.395 e. The number of rotatable bonds is 10. The number of aromatic amines is 2. The molecule has 2 aromatic carbocycles. The lowest BCUT2D eigenvalue weighted by atomic mass is 9.99. The van der Waals surface area contributed by atoms with Gasteiger partial charge < -0.3 is 34.8 Å². The highest BCUT2D eigenvalue weighted by atomic mass is 19.1. The Morgan fingerprint density at radius 2 is 1.18 bits per heavy atom. The van der Waals surface area contributed by atoms with Crippen LogP contribution in [0.1, 0.15) is 64.3 Å². The summed E-state index contributed by atoms with van der Waals surface area (Å²) >= 11 is 0. The van der Waals surface area contributed by atoms with Gasteiger partial charge in [-0.25, -0.2) is 8.78 Å². The molecule has 4 aromatic heterocycles. The Hall–Kier alpha value is -6.48. The summed E-state index contributed by atoms with van der Waals surface area (Å²) in [6, 6.07) is 14.8. The van der Waals surface area contributed by atoms with Crippen LogP contribution < -0.4 is 10.6 Å². The van der Waals surface area contributed by atoms with Crippen LogP contribution in [-0.2, 0) is 0 Å². The van der Waals surface area contributed by atoms with E-state index < -0.39 is 29.1 Å². The molecule has 50 heavy (non-hydrogen) atoms. The van der Waals surface area contributed by atoms with Crippen molar-refractivity contribution >= 4 is 23.4 Å². The lowest BCUT2D eigenvalue weighted by Gasteiger charge is -2.02. The Bertz CT molecular complexity index is 2200. The van der Waals surface area contributed by atoms with Gasteiger partial charge in [-0.1, -0.05) is 34.6 Å². The van der Waals surface area contributed by atoms with E-state index in [9.17, 15) is 28.0 Å². The molecule has 0 saturated carbocycles. The quantitative estimate of drug-likeness (QED) is 0.126. The Kier molecular flexibility index (Phi) is 10.6. The topological polar surface area (TPSA) is 196 Å². The van der Waals surface area contributed by atoms with Gasteiger partial charge in [0.15, 0.2) is 11.6 Å². The van der Waals surface area contributed by atoms with Crippen LogP contribution in [0.5, 0.6) is 0 Å². The van der Waals surface area contributed by atoms with Crippen LogP contribution in [0.2, 0.25) is 0 Å². The molecular weight excluding hydrogens is 654 g/mol. The molecule has 0 radical (unpaired) electrons. The van der Waals surface area contributed by atoms with Crippen molar-refractivity contribution in [2.24, 2.45) is 0 Å². The van der Waals surface area contributed by atoms with Gasteiger partial charge in [-0.2, -0.15) is 0 Å². The number of halogens is 2. The molecular formula is C35H30F2N6O7. The van der Waals surface area contributed by atoms with Crippen LogP contribution >= 0.6 is 0 Å². The van der Waals surface area contributed by atoms with Gasteiger partial charge in [-0.3, -0.25) is 19.2 Å². The fraction of sp³-hybridized carbons (Fsp3) is 0.143. The number of aromatic nitrogens is 4. The van der Waals surface area contributed by atoms with Gasteiger partial charge in [0, 0.05) is 48.2 Å². The maximum absolute atomic E-state index is 14.1. The molecule has 0 unspecified atom stereocenters. The van der Waals surface area contributed by atoms with Crippen LogP contribution in [0, 0.1) is 25.5 Å². The van der Waals surface area contributed by atoms with Crippen molar-refractivity contribution in [2.45, 2.75) is 13.8 Å². The molecule has 0 fully saturated rings. The van der Waals surface area contributed by atoms with Crippen molar-refractivity contribution in [3.8, 4) is 22.5 Å². The number of hydrogen-bond acceptors (Lipinski definition) is 9. The van der Waals surface area contributed by atoms with E-state index in [1.807, 2.05) is 0 Å². The standard InChI is InChI=1S/C18H16FN3O4.C17H14FN3O3/c1-10-15(16(22-26-10)12-4-2-3-5-13(12)19)17(24)11-8-14(21-9-11)18(25)20-6-7-23;1-9-14(15(21-24-9)11-5-3-4-6-12(11)18)16(22)10-7-13(20-8-10)17(23)19-2/h2-5,8-9,21,23H,6-7H2,1H3,(H,20,25);3-8,20H,1-2H3,(H,19,23). The second kappa shape index (κ2) is 15.2. The number of benzene rings is 2. The van der Waals surface area contributed by atoms with Gasteiger partial charge in [0.2, 0.25) is 0 Å². The Morgan fingerprint density at radius 1 is 0.740 bits per heavy atom. The van der Waals surface area contributed by atoms with Gasteiger partial charge in [0.25, 0.3) is 11.8 Å². The van der Waals surface area contributed by atoms with Crippen LogP contribution in [-0.4, -0.2) is 69.0 Å². The molecule has 4 heterocycles. The molecule has 2 amide bonds. The lowest BCUT2D eigenvalue weighted by Crippen LogP contribution is -2.26. The number of H-pyrrole nitrogens is 2. The minimum absolute atomic E-state index is 0.101. The zero-order valence-electron chi connectivity index (χ0n) is 26.9. The number of ketones is 2. The van der Waals surface area contributed by atoms with Crippen molar-refractivity contribution < 1.29 is 42.1 Å². The van der Waals surface area contributed by atoms with Gasteiger partial charge in [0.05, 0.1) is 17.7 Å². The van der Waals surface area contributed by atoms with E-state index in [1.54, 1.807) is 32.0 Å². The fourth-order valence-corrected chi connectivity index (χ4v) is 4.95. The molecule has 0 spiro atoms. The number of carbonyl (C=O) groups is 4. The highest BCUT2D eigenvalue weighted by Crippen LogP contribution is 2.31. The predicted octanol–water partition coefficient (Wildman–Crippen LogP) is 4.78. The number of aryl methyl sites for hydroxylation is 2. The van der Waals surface area contributed by atoms with E-state index in [-0.39, 0.29) is 86.7 Å². The predicted molar refractivity (Wildman–Crippen MR) is 175 cm³/mol. The van der Waals surface area contributed by atoms with Crippen LogP contribution in [0.25, 0.3) is 22.5 Å². The first-order chi connectivity index (χ1) is 24.0. The summed E-state index contributed by atoms with van der Waals surface area (Å²) < 4.78 is 38.3. The van der Waals surface area contributed by atoms with E-state index >= 15 is 0 Å². The summed E-state index contributed by atoms with van der Waals surface area (Å²) in [5.41, 5.74) is 1.78. The van der Waals surface area contributed by atoms with Crippen LogP contribution in [0.4, 0.5) is 8.78 Å². The lowest BCUT2D eigenvalue weighted by molar-refractivity contribution is 0.0937. The third-order valence-corrected chi connectivity index (χ3v) is 7.44. The molecule has 0 atom stereocenters. The maximum atomic E-state index is 14.1. The number of nitrogens with one attached hydrogen (secondary N) is 4. The zero-order chi connectivity index (χ0) is 35.9. The molecule has 5 N–H and O–H groups in total. The smallest absolute Gasteiger partial charge is 0.267 e. The summed E-state index contributed by atoms with van der Waals surface area (Å²) in [6.07, 6.45) is 2.80. The first-order valence-electron chi connectivity index (χ1n) is 15.0. The average Bonchev–Trinajstić information content (AvgIpc) is 3.94. The zero-order valence-corrected chi connectivity index (χ0v) is 26.9. The minimum atomic E-state index is -0.520. The first kappa shape index (κ1) is 34.8. The minimum Gasteiger partial charge on any atom is -0.395 e. The average molecular weight is 685 g/mol. The van der Waals surface area contributed by atoms with Crippen molar-refractivity contribution in [3.05, 3.63) is 130 Å². The molecule has 6 rings (SSSR count). The van der Waals surface area contributed by atoms with Crippen LogP contribution in [0.3, 0.4) is 0 Å². The van der Waals surface area contributed by atoms with E-state index in [4.69, 9.17) is 14.2 Å². The SMILES string of the molecule is CNC(=O)c1cc(C(=O)c2c(-c3ccccc3F)noc2C)c[nH]1.Cc1onc(-c2ccccc2F)c1C(=O)c1c[nH]c(C(=O)NCCO)c1. The van der Waals surface area contributed by atoms with E-state index in [1.165, 1.54) is 61.9 Å². The van der Waals surface area contributed by atoms with E-state index in [0.29, 0.717) is 0 Å². The molecule has 0 aliphatic carbocycles. The van der Waals surface area contributed by atoms with Crippen molar-refractivity contribution in [2.75, 3.05) is 20.2 Å². The Balaban J connectivity index is 0.000000195. The summed E-state index contributed by atoms with van der Waals surface area (Å²) in [7, 11) is 1.49. The summed E-state index contributed by atoms with van der Waals surface area (Å²) in [4.78, 5) is 54.6. The molecule has 0 saturated heterocycles. The maximum Gasteiger partial charge on any atom is 0.267 e. The molecule has 0 aliphatic heterocycles. The number of carbonyl (C=O) groups excluding carboxylic acids is 4. The number of hydrogen-bond donors (Lipinski definition) is 5. The monoisotopic (exact) mass is 684 g/mol. The second-order valence-corrected chi connectivity index (χ2v) is 10.7. The second-order valence-electron chi connectivity index (χ2n) is 10.7. The molecule has 0 bridgehead atoms. The molecule has 6 aromatic rings. The molecule has 13 nitrogen and oxygen atoms in total. The van der Waals surface area contributed by atoms with Gasteiger partial charge in [-0.15, -0.1) is 0 Å². The van der Waals surface area contributed by atoms with Crippen LogP contribution in [0.15, 0.2) is 82.1 Å². The third-order valence-electron chi connectivity index (χ3n) is 7.44. The van der Waals surface area contributed by atoms with E-state index in [0.717, 1.165) is 0 Å². The normalized spacial score (nSPS) is 10.7. The fourth-order valence-electron chi connectivity index (χ4n) is 4.95. The molecule has 256 valence electrons. The van der Waals surface area contributed by atoms with Gasteiger partial charge in [-0.05, 0) is 50.2 Å². The highest BCUT2D eigenvalue weighted by molar-refractivity contribution is 6.14. The highest BCUT2D eigenvalue weighted by Gasteiger charge is 2.27. The van der Waals surface area contributed by atoms with Crippen molar-refractivity contribution in [1.29, 1.82) is 0 Å². The Morgan fingerprint density at radius 3 is 1.60 bits per heavy atom. The van der Waals surface area contributed by atoms with Crippen molar-refractivity contribution in [1.82, 2.24) is 30.9 Å². The van der Waals surface area contributed by atoms with E-state index in [2.05, 4.69) is 30.9 Å². The number of aliphatic hydroxyl groups is 1. The van der Waals surface area contributed by atoms with Gasteiger partial charge in [0.1, 0.15) is 45.9 Å². The number of aliphatic hydroxyl groups excluding tert-OH is 1. The first-order valence-corrected chi connectivity index (χ1v) is 15.0. The van der Waals surface area contributed by atoms with Crippen molar-refractivity contribution in [3.63, 3.8) is 0 Å².